The van der Waals surface area contributed by atoms with Gasteiger partial charge in [0.2, 0.25) is 0 Å². The van der Waals surface area contributed by atoms with E-state index in [1.807, 2.05) is 36.2 Å². The summed E-state index contributed by atoms with van der Waals surface area (Å²) >= 11 is 3.65. The number of nitrogens with zero attached hydrogens (tertiary/aromatic N) is 3. The van der Waals surface area contributed by atoms with Gasteiger partial charge in [0.25, 0.3) is 0 Å². The first-order valence-corrected chi connectivity index (χ1v) is 18.3. The van der Waals surface area contributed by atoms with Crippen molar-refractivity contribution in [3.05, 3.63) is 166 Å². The van der Waals surface area contributed by atoms with Crippen LogP contribution < -0.4 is 9.64 Å². The molecule has 0 N–H and O–H groups in total. The van der Waals surface area contributed by atoms with Crippen molar-refractivity contribution >= 4 is 27.6 Å². The molecule has 5 aromatic carbocycles. The van der Waals surface area contributed by atoms with Gasteiger partial charge in [-0.3, -0.25) is 9.80 Å². The van der Waals surface area contributed by atoms with E-state index in [9.17, 15) is 4.79 Å². The summed E-state index contributed by atoms with van der Waals surface area (Å²) in [4.78, 5) is 20.5. The molecule has 0 radical (unpaired) electrons. The number of hydrogen-bond acceptors (Lipinski definition) is 4. The highest BCUT2D eigenvalue weighted by Crippen LogP contribution is 2.46. The van der Waals surface area contributed by atoms with Crippen molar-refractivity contribution in [1.82, 2.24) is 9.80 Å². The Balaban J connectivity index is 1.22. The number of methoxy groups -OCH3 is 1. The number of urea groups is 1. The molecule has 6 nitrogen and oxygen atoms in total. The Kier molecular flexibility index (Phi) is 10.4. The molecule has 2 saturated heterocycles. The lowest BCUT2D eigenvalue weighted by Crippen LogP contribution is -2.68. The van der Waals surface area contributed by atoms with Gasteiger partial charge in [-0.05, 0) is 78.0 Å². The van der Waals surface area contributed by atoms with E-state index in [1.165, 1.54) is 5.56 Å². The van der Waals surface area contributed by atoms with Crippen LogP contribution in [0, 0.1) is 0 Å². The van der Waals surface area contributed by atoms with Crippen LogP contribution in [0.1, 0.15) is 41.0 Å². The number of carbonyl (C=O) groups excluding carboxylic acids is 1. The smallest absolute Gasteiger partial charge is 0.324 e. The highest BCUT2D eigenvalue weighted by Gasteiger charge is 2.51. The molecule has 0 aliphatic carbocycles. The first kappa shape index (κ1) is 34.0. The largest absolute Gasteiger partial charge is 0.497 e. The van der Waals surface area contributed by atoms with Crippen LogP contribution in [-0.2, 0) is 10.3 Å². The standard InChI is InChI=1S/C43H44BrN3O3/c1-45(37-24-26-38(49-2)27-25-37)42(48)46-28-12-13-29-47-39(30-46)41(32-20-22-36(44)23-21-32)40(47)31-50-43(33-14-6-3-7-15-33,34-16-8-4-9-17-34)35-18-10-5-11-19-35/h3-11,14-27,39-41H,12-13,28-31H2,1-2H3/t39-,40+,41+/m0/s1. The molecule has 2 aliphatic rings. The number of hydrogen-bond donors (Lipinski definition) is 0. The van der Waals surface area contributed by atoms with E-state index in [0.29, 0.717) is 13.2 Å². The maximum Gasteiger partial charge on any atom is 0.324 e. The Morgan fingerprint density at radius 3 is 1.84 bits per heavy atom. The molecule has 2 heterocycles. The van der Waals surface area contributed by atoms with Gasteiger partial charge in [-0.2, -0.15) is 0 Å². The molecular formula is C43H44BrN3O3. The lowest BCUT2D eigenvalue weighted by Gasteiger charge is -2.58. The van der Waals surface area contributed by atoms with Gasteiger partial charge in [0, 0.05) is 48.3 Å². The summed E-state index contributed by atoms with van der Waals surface area (Å²) in [6.07, 6.45) is 1.96. The monoisotopic (exact) mass is 729 g/mol. The van der Waals surface area contributed by atoms with Gasteiger partial charge < -0.3 is 14.4 Å². The topological polar surface area (TPSA) is 45.2 Å². The summed E-state index contributed by atoms with van der Waals surface area (Å²) in [7, 11) is 3.51. The fraction of sp³-hybridized carbons (Fsp3) is 0.279. The molecule has 7 heteroatoms. The van der Waals surface area contributed by atoms with Gasteiger partial charge in [-0.25, -0.2) is 4.79 Å². The van der Waals surface area contributed by atoms with Crippen LogP contribution in [0.3, 0.4) is 0 Å². The Bertz CT molecular complexity index is 1740. The van der Waals surface area contributed by atoms with Gasteiger partial charge in [-0.1, -0.05) is 119 Å². The highest BCUT2D eigenvalue weighted by atomic mass is 79.9. The van der Waals surface area contributed by atoms with Crippen LogP contribution in [0.2, 0.25) is 0 Å². The van der Waals surface area contributed by atoms with E-state index in [1.54, 1.807) is 12.0 Å². The van der Waals surface area contributed by atoms with Crippen LogP contribution in [0.15, 0.2) is 144 Å². The van der Waals surface area contributed by atoms with Gasteiger partial charge in [0.15, 0.2) is 0 Å². The third kappa shape index (κ3) is 6.70. The van der Waals surface area contributed by atoms with Gasteiger partial charge in [0.05, 0.1) is 13.7 Å². The Morgan fingerprint density at radius 2 is 1.30 bits per heavy atom. The second-order valence-corrected chi connectivity index (χ2v) is 14.1. The first-order valence-electron chi connectivity index (χ1n) is 17.5. The number of amides is 2. The van der Waals surface area contributed by atoms with Crippen LogP contribution in [0.25, 0.3) is 0 Å². The van der Waals surface area contributed by atoms with E-state index < -0.39 is 5.60 Å². The van der Waals surface area contributed by atoms with E-state index in [2.05, 4.69) is 136 Å². The molecule has 0 saturated carbocycles. The van der Waals surface area contributed by atoms with Crippen molar-refractivity contribution in [2.24, 2.45) is 0 Å². The molecule has 5 aromatic rings. The van der Waals surface area contributed by atoms with Crippen molar-refractivity contribution in [2.75, 3.05) is 45.3 Å². The number of anilines is 1. The lowest BCUT2D eigenvalue weighted by molar-refractivity contribution is -0.102. The summed E-state index contributed by atoms with van der Waals surface area (Å²) in [6, 6.07) is 48.5. The van der Waals surface area contributed by atoms with E-state index in [0.717, 1.165) is 58.5 Å². The molecule has 2 fully saturated rings. The van der Waals surface area contributed by atoms with Crippen molar-refractivity contribution < 1.29 is 14.3 Å². The van der Waals surface area contributed by atoms with Gasteiger partial charge in [-0.15, -0.1) is 0 Å². The number of carbonyl (C=O) groups is 1. The van der Waals surface area contributed by atoms with Crippen molar-refractivity contribution in [3.63, 3.8) is 0 Å². The Morgan fingerprint density at radius 1 is 0.760 bits per heavy atom. The molecule has 3 atom stereocenters. The minimum absolute atomic E-state index is 0.0162. The number of ether oxygens (including phenoxy) is 2. The maximum atomic E-state index is 14.1. The fourth-order valence-electron chi connectivity index (χ4n) is 7.89. The predicted octanol–water partition coefficient (Wildman–Crippen LogP) is 8.96. The Labute approximate surface area is 304 Å². The third-order valence-corrected chi connectivity index (χ3v) is 11.0. The minimum Gasteiger partial charge on any atom is -0.497 e. The zero-order chi connectivity index (χ0) is 34.5. The molecule has 50 heavy (non-hydrogen) atoms. The van der Waals surface area contributed by atoms with E-state index in [-0.39, 0.29) is 24.0 Å². The second-order valence-electron chi connectivity index (χ2n) is 13.2. The number of fused-ring (bicyclic) bond motifs is 1. The summed E-state index contributed by atoms with van der Waals surface area (Å²) in [5.41, 5.74) is 4.60. The third-order valence-electron chi connectivity index (χ3n) is 10.5. The van der Waals surface area contributed by atoms with Crippen LogP contribution >= 0.6 is 15.9 Å². The predicted molar refractivity (Wildman–Crippen MR) is 204 cm³/mol. The quantitative estimate of drug-likeness (QED) is 0.142. The van der Waals surface area contributed by atoms with Crippen LogP contribution in [0.4, 0.5) is 10.5 Å². The molecule has 0 bridgehead atoms. The van der Waals surface area contributed by atoms with Crippen LogP contribution in [-0.4, -0.2) is 68.3 Å². The van der Waals surface area contributed by atoms with Gasteiger partial charge in [0.1, 0.15) is 11.4 Å². The molecular weight excluding hydrogens is 686 g/mol. The molecule has 256 valence electrons. The molecule has 2 amide bonds. The molecule has 7 rings (SSSR count). The Hall–Kier alpha value is -4.43. The fourth-order valence-corrected chi connectivity index (χ4v) is 8.15. The lowest BCUT2D eigenvalue weighted by atomic mass is 9.74. The second kappa shape index (κ2) is 15.2. The summed E-state index contributed by atoms with van der Waals surface area (Å²) < 4.78 is 13.8. The minimum atomic E-state index is -0.801. The number of rotatable bonds is 9. The van der Waals surface area contributed by atoms with Crippen molar-refractivity contribution in [3.8, 4) is 5.75 Å². The molecule has 0 unspecified atom stereocenters. The summed E-state index contributed by atoms with van der Waals surface area (Å²) in [5, 5.41) is 0. The van der Waals surface area contributed by atoms with Crippen molar-refractivity contribution in [2.45, 2.75) is 36.4 Å². The van der Waals surface area contributed by atoms with E-state index in [4.69, 9.17) is 9.47 Å². The molecule has 2 aliphatic heterocycles. The average Bonchev–Trinajstić information content (AvgIpc) is 3.16. The highest BCUT2D eigenvalue weighted by molar-refractivity contribution is 9.10. The molecule has 0 aromatic heterocycles. The van der Waals surface area contributed by atoms with Crippen molar-refractivity contribution in [1.29, 1.82) is 0 Å². The number of halogens is 1. The normalized spacial score (nSPS) is 19.4. The van der Waals surface area contributed by atoms with Gasteiger partial charge >= 0.3 is 6.03 Å². The van der Waals surface area contributed by atoms with E-state index >= 15 is 0 Å². The summed E-state index contributed by atoms with van der Waals surface area (Å²) in [5.74, 6) is 0.954. The molecule has 0 spiro atoms. The average molecular weight is 731 g/mol. The zero-order valence-electron chi connectivity index (χ0n) is 28.7. The zero-order valence-corrected chi connectivity index (χ0v) is 30.3. The van der Waals surface area contributed by atoms with Crippen LogP contribution in [0.5, 0.6) is 5.75 Å². The first-order chi connectivity index (χ1) is 24.5. The number of benzene rings is 5. The SMILES string of the molecule is COc1ccc(N(C)C(=O)N2CCCCN3[C@H](COC(c4ccccc4)(c4ccccc4)c4ccccc4)[C@H](c4ccc(Br)cc4)[C@@H]3C2)cc1. The maximum absolute atomic E-state index is 14.1. The summed E-state index contributed by atoms with van der Waals surface area (Å²) in [6.45, 7) is 2.88.